The summed E-state index contributed by atoms with van der Waals surface area (Å²) >= 11 is 5.47. The summed E-state index contributed by atoms with van der Waals surface area (Å²) in [6.45, 7) is 9.58. The molecule has 3 nitrogen and oxygen atoms in total. The molecule has 0 bridgehead atoms. The maximum atomic E-state index is 6.04. The van der Waals surface area contributed by atoms with E-state index in [1.165, 1.54) is 9.35 Å². The highest BCUT2D eigenvalue weighted by Crippen LogP contribution is 2.25. The van der Waals surface area contributed by atoms with Gasteiger partial charge in [0.1, 0.15) is 0 Å². The summed E-state index contributed by atoms with van der Waals surface area (Å²) in [6.07, 6.45) is 2.50. The number of nitrogens with one attached hydrogen (secondary N) is 1. The number of rotatable bonds is 7. The molecule has 1 N–H and O–H groups in total. The second-order valence-corrected chi connectivity index (χ2v) is 7.11. The first-order valence-corrected chi connectivity index (χ1v) is 9.21. The van der Waals surface area contributed by atoms with Crippen LogP contribution in [0.3, 0.4) is 0 Å². The fraction of sp³-hybridized carbons (Fsp3) is 0.733. The Hall–Kier alpha value is 0.0600. The summed E-state index contributed by atoms with van der Waals surface area (Å²) in [6, 6.07) is 2.54. The first kappa shape index (κ1) is 16.4. The highest BCUT2D eigenvalue weighted by Gasteiger charge is 2.28. The Balaban J connectivity index is 2.00. The fourth-order valence-electron chi connectivity index (χ4n) is 2.60. The van der Waals surface area contributed by atoms with Crippen molar-refractivity contribution in [1.82, 2.24) is 10.2 Å². The van der Waals surface area contributed by atoms with Crippen LogP contribution in [0.25, 0.3) is 0 Å². The SMILES string of the molecule is CCCNC(Cc1sccc1Br)C1CN(CC)CCO1. The van der Waals surface area contributed by atoms with E-state index in [0.717, 1.165) is 45.6 Å². The monoisotopic (exact) mass is 360 g/mol. The van der Waals surface area contributed by atoms with E-state index in [0.29, 0.717) is 12.1 Å². The molecule has 20 heavy (non-hydrogen) atoms. The van der Waals surface area contributed by atoms with Crippen molar-refractivity contribution in [3.63, 3.8) is 0 Å². The maximum Gasteiger partial charge on any atom is 0.0858 e. The number of ether oxygens (including phenoxy) is 1. The Kier molecular flexibility index (Phi) is 6.97. The molecule has 2 rings (SSSR count). The molecule has 1 fully saturated rings. The smallest absolute Gasteiger partial charge is 0.0858 e. The standard InChI is InChI=1S/C15H25BrN2OS/c1-3-6-17-13(10-15-12(16)5-9-20-15)14-11-18(4-2)7-8-19-14/h5,9,13-14,17H,3-4,6-8,10-11H2,1-2H3. The van der Waals surface area contributed by atoms with Crippen LogP contribution >= 0.6 is 27.3 Å². The van der Waals surface area contributed by atoms with Gasteiger partial charge in [-0.1, -0.05) is 13.8 Å². The van der Waals surface area contributed by atoms with Gasteiger partial charge in [-0.25, -0.2) is 0 Å². The molecule has 1 aromatic rings. The molecular formula is C15H25BrN2OS. The molecule has 0 aliphatic carbocycles. The molecule has 2 unspecified atom stereocenters. The quantitative estimate of drug-likeness (QED) is 0.808. The zero-order valence-electron chi connectivity index (χ0n) is 12.4. The van der Waals surface area contributed by atoms with Crippen molar-refractivity contribution >= 4 is 27.3 Å². The Bertz CT molecular complexity index is 399. The molecule has 0 spiro atoms. The molecule has 1 aliphatic heterocycles. The van der Waals surface area contributed by atoms with Gasteiger partial charge in [0, 0.05) is 34.9 Å². The van der Waals surface area contributed by atoms with Gasteiger partial charge >= 0.3 is 0 Å². The average molecular weight is 361 g/mol. The van der Waals surface area contributed by atoms with E-state index in [2.05, 4.69) is 51.4 Å². The number of morpholine rings is 1. The number of hydrogen-bond donors (Lipinski definition) is 1. The maximum absolute atomic E-state index is 6.04. The van der Waals surface area contributed by atoms with Crippen LogP contribution in [0.2, 0.25) is 0 Å². The summed E-state index contributed by atoms with van der Waals surface area (Å²) < 4.78 is 7.27. The lowest BCUT2D eigenvalue weighted by molar-refractivity contribution is -0.0446. The molecular weight excluding hydrogens is 336 g/mol. The predicted molar refractivity (Wildman–Crippen MR) is 89.7 cm³/mol. The van der Waals surface area contributed by atoms with Crippen LogP contribution in [0.1, 0.15) is 25.1 Å². The first-order valence-electron chi connectivity index (χ1n) is 7.53. The lowest BCUT2D eigenvalue weighted by Gasteiger charge is -2.37. The van der Waals surface area contributed by atoms with Crippen LogP contribution in [0.15, 0.2) is 15.9 Å². The Labute approximate surface area is 134 Å². The van der Waals surface area contributed by atoms with E-state index in [-0.39, 0.29) is 0 Å². The van der Waals surface area contributed by atoms with Crippen molar-refractivity contribution < 1.29 is 4.74 Å². The third-order valence-electron chi connectivity index (χ3n) is 3.83. The third-order valence-corrected chi connectivity index (χ3v) is 5.78. The van der Waals surface area contributed by atoms with Crippen LogP contribution in [0.4, 0.5) is 0 Å². The molecule has 0 aromatic carbocycles. The molecule has 2 atom stereocenters. The minimum Gasteiger partial charge on any atom is -0.374 e. The molecule has 0 radical (unpaired) electrons. The van der Waals surface area contributed by atoms with Crippen LogP contribution in [0.5, 0.6) is 0 Å². The van der Waals surface area contributed by atoms with Gasteiger partial charge in [-0.2, -0.15) is 0 Å². The first-order chi connectivity index (χ1) is 9.74. The second kappa shape index (κ2) is 8.49. The Morgan fingerprint density at radius 2 is 2.40 bits per heavy atom. The van der Waals surface area contributed by atoms with Gasteiger partial charge in [0.2, 0.25) is 0 Å². The minimum atomic E-state index is 0.296. The topological polar surface area (TPSA) is 24.5 Å². The summed E-state index contributed by atoms with van der Waals surface area (Å²) in [4.78, 5) is 3.90. The Morgan fingerprint density at radius 1 is 1.55 bits per heavy atom. The van der Waals surface area contributed by atoms with Crippen molar-refractivity contribution in [3.8, 4) is 0 Å². The molecule has 114 valence electrons. The molecule has 1 aromatic heterocycles. The highest BCUT2D eigenvalue weighted by atomic mass is 79.9. The van der Waals surface area contributed by atoms with Crippen molar-refractivity contribution in [1.29, 1.82) is 0 Å². The summed E-state index contributed by atoms with van der Waals surface area (Å²) in [7, 11) is 0. The Morgan fingerprint density at radius 3 is 3.05 bits per heavy atom. The fourth-order valence-corrected chi connectivity index (χ4v) is 4.17. The van der Waals surface area contributed by atoms with Crippen molar-refractivity contribution in [3.05, 3.63) is 20.8 Å². The van der Waals surface area contributed by atoms with Gasteiger partial charge in [0.15, 0.2) is 0 Å². The summed E-state index contributed by atoms with van der Waals surface area (Å²) in [5, 5.41) is 5.83. The van der Waals surface area contributed by atoms with E-state index in [9.17, 15) is 0 Å². The molecule has 2 heterocycles. The summed E-state index contributed by atoms with van der Waals surface area (Å²) in [5.41, 5.74) is 0. The molecule has 0 saturated carbocycles. The number of nitrogens with zero attached hydrogens (tertiary/aromatic N) is 1. The predicted octanol–water partition coefficient (Wildman–Crippen LogP) is 3.14. The van der Waals surface area contributed by atoms with Gasteiger partial charge in [-0.3, -0.25) is 4.90 Å². The van der Waals surface area contributed by atoms with Gasteiger partial charge < -0.3 is 10.1 Å². The number of halogens is 1. The number of hydrogen-bond acceptors (Lipinski definition) is 4. The van der Waals surface area contributed by atoms with Gasteiger partial charge in [0.25, 0.3) is 0 Å². The third kappa shape index (κ3) is 4.53. The van der Waals surface area contributed by atoms with E-state index >= 15 is 0 Å². The molecule has 1 aliphatic rings. The highest BCUT2D eigenvalue weighted by molar-refractivity contribution is 9.10. The number of thiophene rings is 1. The zero-order valence-corrected chi connectivity index (χ0v) is 14.8. The summed E-state index contributed by atoms with van der Waals surface area (Å²) in [5.74, 6) is 0. The largest absolute Gasteiger partial charge is 0.374 e. The minimum absolute atomic E-state index is 0.296. The lowest BCUT2D eigenvalue weighted by Crippen LogP contribution is -2.53. The van der Waals surface area contributed by atoms with Crippen LogP contribution < -0.4 is 5.32 Å². The van der Waals surface area contributed by atoms with Crippen molar-refractivity contribution in [2.24, 2.45) is 0 Å². The second-order valence-electron chi connectivity index (χ2n) is 5.26. The van der Waals surface area contributed by atoms with Crippen LogP contribution in [-0.2, 0) is 11.2 Å². The molecule has 0 amide bonds. The van der Waals surface area contributed by atoms with Crippen molar-refractivity contribution in [2.45, 2.75) is 38.8 Å². The normalized spacial score (nSPS) is 22.1. The zero-order chi connectivity index (χ0) is 14.4. The van der Waals surface area contributed by atoms with Crippen LogP contribution in [-0.4, -0.2) is 49.8 Å². The van der Waals surface area contributed by atoms with Crippen LogP contribution in [0, 0.1) is 0 Å². The van der Waals surface area contributed by atoms with Gasteiger partial charge in [-0.15, -0.1) is 11.3 Å². The van der Waals surface area contributed by atoms with E-state index < -0.39 is 0 Å². The van der Waals surface area contributed by atoms with Gasteiger partial charge in [0.05, 0.1) is 12.7 Å². The molecule has 1 saturated heterocycles. The average Bonchev–Trinajstić information content (AvgIpc) is 2.88. The van der Waals surface area contributed by atoms with E-state index in [1.807, 2.05) is 11.3 Å². The molecule has 5 heteroatoms. The van der Waals surface area contributed by atoms with E-state index in [4.69, 9.17) is 4.74 Å². The number of likely N-dealkylation sites (N-methyl/N-ethyl adjacent to an activating group) is 1. The van der Waals surface area contributed by atoms with Gasteiger partial charge in [-0.05, 0) is 46.9 Å². The lowest BCUT2D eigenvalue weighted by atomic mass is 10.0. The van der Waals surface area contributed by atoms with E-state index in [1.54, 1.807) is 0 Å². The van der Waals surface area contributed by atoms with Crippen molar-refractivity contribution in [2.75, 3.05) is 32.8 Å².